The van der Waals surface area contributed by atoms with E-state index in [2.05, 4.69) is 10.6 Å². The summed E-state index contributed by atoms with van der Waals surface area (Å²) in [6.07, 6.45) is 1.89. The van der Waals surface area contributed by atoms with E-state index in [1.165, 1.54) is 18.4 Å². The minimum absolute atomic E-state index is 0.151. The number of methoxy groups -OCH3 is 1. The number of carbonyl (C=O) groups is 2. The molecule has 0 fully saturated rings. The number of nitrogens with one attached hydrogen (secondary N) is 2. The maximum Gasteiger partial charge on any atom is 0.321 e. The summed E-state index contributed by atoms with van der Waals surface area (Å²) in [5, 5.41) is 5.04. The first-order chi connectivity index (χ1) is 15.4. The normalized spacial score (nSPS) is 14.0. The van der Waals surface area contributed by atoms with Gasteiger partial charge in [0.2, 0.25) is 5.91 Å². The highest BCUT2D eigenvalue weighted by atomic mass is 32.2. The van der Waals surface area contributed by atoms with E-state index >= 15 is 0 Å². The molecule has 1 aliphatic heterocycles. The van der Waals surface area contributed by atoms with E-state index in [0.717, 1.165) is 40.1 Å². The number of benzene rings is 1. The molecule has 4 rings (SSSR count). The number of urea groups is 1. The second-order valence-corrected chi connectivity index (χ2v) is 10.7. The van der Waals surface area contributed by atoms with Gasteiger partial charge < -0.3 is 10.1 Å². The molecule has 0 radical (unpaired) electrons. The van der Waals surface area contributed by atoms with Gasteiger partial charge in [-0.15, -0.1) is 23.1 Å². The Balaban J connectivity index is 1.83. The Labute approximate surface area is 197 Å². The number of hydrogen-bond acceptors (Lipinski definition) is 8. The van der Waals surface area contributed by atoms with Crippen molar-refractivity contribution in [3.63, 3.8) is 0 Å². The number of aromatic nitrogens is 2. The molecule has 3 heterocycles. The number of rotatable bonds is 5. The van der Waals surface area contributed by atoms with E-state index in [9.17, 15) is 14.4 Å². The third-order valence-corrected chi connectivity index (χ3v) is 8.58. The minimum atomic E-state index is -0.648. The molecule has 0 spiro atoms. The summed E-state index contributed by atoms with van der Waals surface area (Å²) in [6, 6.07) is 6.56. The number of aryl methyl sites for hydroxylation is 1. The van der Waals surface area contributed by atoms with Crippen LogP contribution in [-0.2, 0) is 11.2 Å². The van der Waals surface area contributed by atoms with Crippen LogP contribution in [0.15, 0.2) is 38.4 Å². The van der Waals surface area contributed by atoms with Crippen LogP contribution in [0.2, 0.25) is 0 Å². The van der Waals surface area contributed by atoms with E-state index in [-0.39, 0.29) is 5.56 Å². The summed E-state index contributed by atoms with van der Waals surface area (Å²) in [4.78, 5) is 43.2. The van der Waals surface area contributed by atoms with Crippen LogP contribution in [0.4, 0.5) is 4.79 Å². The van der Waals surface area contributed by atoms with Crippen molar-refractivity contribution in [2.75, 3.05) is 19.9 Å². The number of fused-ring (bicyclic) bond motifs is 3. The summed E-state index contributed by atoms with van der Waals surface area (Å²) in [7, 11) is 3.02. The van der Waals surface area contributed by atoms with E-state index in [1.807, 2.05) is 0 Å². The molecule has 11 heteroatoms. The van der Waals surface area contributed by atoms with Crippen molar-refractivity contribution in [2.24, 2.45) is 0 Å². The van der Waals surface area contributed by atoms with Gasteiger partial charge in [-0.1, -0.05) is 11.8 Å². The Morgan fingerprint density at radius 1 is 1.28 bits per heavy atom. The third kappa shape index (κ3) is 4.37. The van der Waals surface area contributed by atoms with Gasteiger partial charge in [0.25, 0.3) is 5.56 Å². The van der Waals surface area contributed by atoms with Gasteiger partial charge in [0.15, 0.2) is 5.16 Å². The highest BCUT2D eigenvalue weighted by Crippen LogP contribution is 2.41. The van der Waals surface area contributed by atoms with Crippen molar-refractivity contribution >= 4 is 57.0 Å². The van der Waals surface area contributed by atoms with Gasteiger partial charge in [0.1, 0.15) is 10.6 Å². The van der Waals surface area contributed by atoms with Crippen LogP contribution in [0.25, 0.3) is 15.9 Å². The largest absolute Gasteiger partial charge is 0.497 e. The van der Waals surface area contributed by atoms with Gasteiger partial charge >= 0.3 is 6.03 Å². The summed E-state index contributed by atoms with van der Waals surface area (Å²) in [5.41, 5.74) is 1.56. The summed E-state index contributed by atoms with van der Waals surface area (Å²) >= 11 is 4.43. The summed E-state index contributed by atoms with van der Waals surface area (Å²) in [6.45, 7) is 1.67. The van der Waals surface area contributed by atoms with Crippen molar-refractivity contribution in [3.8, 4) is 11.4 Å². The Hall–Kier alpha value is -2.50. The Bertz CT molecular complexity index is 1240. The lowest BCUT2D eigenvalue weighted by molar-refractivity contribution is -0.119. The average Bonchev–Trinajstić information content (AvgIpc) is 3.17. The molecule has 0 saturated heterocycles. The number of imide groups is 1. The molecule has 1 aromatic carbocycles. The molecule has 0 bridgehead atoms. The number of thiophene rings is 1. The molecule has 1 atom stereocenters. The van der Waals surface area contributed by atoms with Crippen LogP contribution in [0, 0.1) is 0 Å². The van der Waals surface area contributed by atoms with Crippen LogP contribution in [0.1, 0.15) is 18.9 Å². The zero-order valence-electron chi connectivity index (χ0n) is 17.8. The molecular weight excluding hydrogens is 468 g/mol. The smallest absolute Gasteiger partial charge is 0.321 e. The lowest BCUT2D eigenvalue weighted by Crippen LogP contribution is -2.41. The number of ether oxygens (including phenoxy) is 1. The van der Waals surface area contributed by atoms with Gasteiger partial charge in [-0.25, -0.2) is 9.78 Å². The first-order valence-corrected chi connectivity index (χ1v) is 12.7. The monoisotopic (exact) mass is 490 g/mol. The van der Waals surface area contributed by atoms with Gasteiger partial charge in [-0.3, -0.25) is 19.5 Å². The van der Waals surface area contributed by atoms with E-state index in [1.54, 1.807) is 54.6 Å². The highest BCUT2D eigenvalue weighted by Gasteiger charge is 2.26. The Morgan fingerprint density at radius 3 is 2.72 bits per heavy atom. The second-order valence-electron chi connectivity index (χ2n) is 7.06. The van der Waals surface area contributed by atoms with E-state index in [4.69, 9.17) is 9.72 Å². The number of nitrogens with zero attached hydrogens (tertiary/aromatic N) is 2. The van der Waals surface area contributed by atoms with Crippen LogP contribution in [0.5, 0.6) is 5.75 Å². The molecule has 8 nitrogen and oxygen atoms in total. The second kappa shape index (κ2) is 9.55. The molecule has 0 aliphatic carbocycles. The average molecular weight is 491 g/mol. The fourth-order valence-corrected chi connectivity index (χ4v) is 6.85. The SMILES string of the molecule is CNC(=O)NC(=O)[C@@H](C)Sc1nc2sc3c(c2c(=O)n1-c1ccc(OC)cc1)CCCS3. The topological polar surface area (TPSA) is 102 Å². The first kappa shape index (κ1) is 22.7. The minimum Gasteiger partial charge on any atom is -0.497 e. The van der Waals surface area contributed by atoms with Crippen molar-refractivity contribution in [1.82, 2.24) is 20.2 Å². The van der Waals surface area contributed by atoms with Crippen molar-refractivity contribution < 1.29 is 14.3 Å². The zero-order chi connectivity index (χ0) is 22.8. The molecule has 0 saturated carbocycles. The predicted molar refractivity (Wildman–Crippen MR) is 129 cm³/mol. The number of carbonyl (C=O) groups excluding carboxylic acids is 2. The van der Waals surface area contributed by atoms with Crippen LogP contribution in [0.3, 0.4) is 0 Å². The molecule has 32 heavy (non-hydrogen) atoms. The summed E-state index contributed by atoms with van der Waals surface area (Å²) in [5.74, 6) is 1.24. The molecule has 3 amide bonds. The van der Waals surface area contributed by atoms with E-state index in [0.29, 0.717) is 26.8 Å². The van der Waals surface area contributed by atoms with Gasteiger partial charge in [-0.05, 0) is 55.3 Å². The maximum atomic E-state index is 13.7. The maximum absolute atomic E-state index is 13.7. The van der Waals surface area contributed by atoms with Crippen molar-refractivity contribution in [1.29, 1.82) is 0 Å². The Kier molecular flexibility index (Phi) is 6.77. The molecular formula is C21H22N4O4S3. The van der Waals surface area contributed by atoms with Gasteiger partial charge in [0, 0.05) is 7.05 Å². The van der Waals surface area contributed by atoms with Crippen LogP contribution in [-0.4, -0.2) is 46.6 Å². The third-order valence-electron chi connectivity index (χ3n) is 5.01. The molecule has 2 N–H and O–H groups in total. The lowest BCUT2D eigenvalue weighted by atomic mass is 10.1. The number of amides is 3. The van der Waals surface area contributed by atoms with Gasteiger partial charge in [0.05, 0.1) is 27.6 Å². The van der Waals surface area contributed by atoms with E-state index < -0.39 is 17.2 Å². The first-order valence-electron chi connectivity index (χ1n) is 9.97. The zero-order valence-corrected chi connectivity index (χ0v) is 20.2. The van der Waals surface area contributed by atoms with Crippen molar-refractivity contribution in [3.05, 3.63) is 40.2 Å². The fraction of sp³-hybridized carbons (Fsp3) is 0.333. The number of thioether (sulfide) groups is 2. The Morgan fingerprint density at radius 2 is 2.03 bits per heavy atom. The van der Waals surface area contributed by atoms with Crippen LogP contribution >= 0.6 is 34.9 Å². The fourth-order valence-electron chi connectivity index (χ4n) is 3.35. The molecule has 3 aromatic rings. The van der Waals surface area contributed by atoms with Gasteiger partial charge in [-0.2, -0.15) is 0 Å². The lowest BCUT2D eigenvalue weighted by Gasteiger charge is -2.16. The molecule has 1 aliphatic rings. The standard InChI is InChI=1S/C21H22N4O4S3/c1-11(16(26)23-20(28)22-2)31-21-24-17-15(14-5-4-10-30-19(14)32-17)18(27)25(21)12-6-8-13(29-3)9-7-12/h6-9,11H,4-5,10H2,1-3H3,(H2,22,23,26,28)/t11-/m1/s1. The summed E-state index contributed by atoms with van der Waals surface area (Å²) < 4.78 is 7.93. The van der Waals surface area contributed by atoms with Crippen LogP contribution < -0.4 is 20.9 Å². The molecule has 168 valence electrons. The highest BCUT2D eigenvalue weighted by molar-refractivity contribution is 8.01. The quantitative estimate of drug-likeness (QED) is 0.417. The van der Waals surface area contributed by atoms with Crippen molar-refractivity contribution in [2.45, 2.75) is 34.4 Å². The molecule has 2 aromatic heterocycles. The molecule has 0 unspecified atom stereocenters. The predicted octanol–water partition coefficient (Wildman–Crippen LogP) is 3.43. The number of hydrogen-bond donors (Lipinski definition) is 2.